The number of carboxylic acid groups (broad SMARTS) is 1. The molecule has 6 heteroatoms. The van der Waals surface area contributed by atoms with Gasteiger partial charge in [-0.25, -0.2) is 0 Å². The molecule has 1 aromatic carbocycles. The Bertz CT molecular complexity index is 487. The number of carbonyl (C=O) groups excluding carboxylic acids is 1. The number of hydrogen-bond acceptors (Lipinski definition) is 4. The van der Waals surface area contributed by atoms with E-state index in [1.807, 2.05) is 30.3 Å². The maximum atomic E-state index is 11.3. The second-order valence-electron chi connectivity index (χ2n) is 3.79. The third kappa shape index (κ3) is 3.33. The van der Waals surface area contributed by atoms with Crippen LogP contribution in [0.2, 0.25) is 0 Å². The normalized spacial score (nSPS) is 18.2. The quantitative estimate of drug-likeness (QED) is 0.809. The molecular weight excluding hydrogens is 252 g/mol. The smallest absolute Gasteiger partial charge is 0.312 e. The van der Waals surface area contributed by atoms with Gasteiger partial charge in [0.05, 0.1) is 6.04 Å². The third-order valence-electron chi connectivity index (χ3n) is 2.39. The molecule has 0 fully saturated rings. The number of carboxylic acids is 1. The minimum absolute atomic E-state index is 0.0244. The second kappa shape index (κ2) is 5.68. The highest BCUT2D eigenvalue weighted by molar-refractivity contribution is 8.14. The first kappa shape index (κ1) is 12.6. The van der Waals surface area contributed by atoms with Crippen molar-refractivity contribution in [3.05, 3.63) is 35.9 Å². The predicted molar refractivity (Wildman–Crippen MR) is 69.5 cm³/mol. The molecular formula is C12H12N2O3S. The zero-order valence-corrected chi connectivity index (χ0v) is 10.3. The second-order valence-corrected chi connectivity index (χ2v) is 4.80. The molecule has 0 aromatic heterocycles. The Kier molecular flexibility index (Phi) is 3.99. The number of aliphatic imine (C=N–C) groups is 1. The Morgan fingerprint density at radius 3 is 2.78 bits per heavy atom. The van der Waals surface area contributed by atoms with Crippen LogP contribution in [0, 0.1) is 0 Å². The molecule has 1 aromatic rings. The van der Waals surface area contributed by atoms with Gasteiger partial charge in [0.15, 0.2) is 5.17 Å². The van der Waals surface area contributed by atoms with Gasteiger partial charge in [-0.15, -0.1) is 0 Å². The predicted octanol–water partition coefficient (Wildman–Crippen LogP) is 1.42. The minimum Gasteiger partial charge on any atom is -0.481 e. The number of nitrogens with one attached hydrogen (secondary N) is 1. The van der Waals surface area contributed by atoms with Crippen LogP contribution in [-0.2, 0) is 9.59 Å². The van der Waals surface area contributed by atoms with Crippen molar-refractivity contribution in [1.82, 2.24) is 5.32 Å². The summed E-state index contributed by atoms with van der Waals surface area (Å²) in [7, 11) is 0. The highest BCUT2D eigenvalue weighted by Gasteiger charge is 2.21. The van der Waals surface area contributed by atoms with Gasteiger partial charge in [0, 0.05) is 5.75 Å². The third-order valence-corrected chi connectivity index (χ3v) is 3.36. The average molecular weight is 264 g/mol. The summed E-state index contributed by atoms with van der Waals surface area (Å²) in [6.07, 6.45) is -0.532. The molecule has 94 valence electrons. The Labute approximate surface area is 108 Å². The van der Waals surface area contributed by atoms with E-state index in [0.717, 1.165) is 11.3 Å². The van der Waals surface area contributed by atoms with Gasteiger partial charge in [-0.2, -0.15) is 0 Å². The lowest BCUT2D eigenvalue weighted by Gasteiger charge is -2.04. The lowest BCUT2D eigenvalue weighted by Crippen LogP contribution is -2.29. The van der Waals surface area contributed by atoms with Gasteiger partial charge in [0.25, 0.3) is 0 Å². The van der Waals surface area contributed by atoms with Crippen molar-refractivity contribution in [2.24, 2.45) is 4.99 Å². The number of hydrogen-bond donors (Lipinski definition) is 2. The number of carbonyl (C=O) groups is 2. The minimum atomic E-state index is -1.14. The number of benzene rings is 1. The van der Waals surface area contributed by atoms with E-state index in [4.69, 9.17) is 5.11 Å². The fourth-order valence-electron chi connectivity index (χ4n) is 1.59. The summed E-state index contributed by atoms with van der Waals surface area (Å²) in [5.41, 5.74) is 1.09. The summed E-state index contributed by atoms with van der Waals surface area (Å²) >= 11 is 1.43. The molecule has 1 aliphatic rings. The van der Waals surface area contributed by atoms with Crippen molar-refractivity contribution >= 4 is 28.8 Å². The monoisotopic (exact) mass is 264 g/mol. The Morgan fingerprint density at radius 1 is 1.39 bits per heavy atom. The highest BCUT2D eigenvalue weighted by Crippen LogP contribution is 2.29. The van der Waals surface area contributed by atoms with Crippen LogP contribution in [0.15, 0.2) is 35.3 Å². The standard InChI is InChI=1S/C12H12N2O3S/c15-10(6-11(16)17)14-12-13-9(7-18-12)8-4-2-1-3-5-8/h1-5,9H,6-7H2,(H,16,17)(H,13,14,15). The molecule has 0 saturated carbocycles. The maximum absolute atomic E-state index is 11.3. The largest absolute Gasteiger partial charge is 0.481 e. The fourth-order valence-corrected chi connectivity index (χ4v) is 2.56. The first-order valence-corrected chi connectivity index (χ1v) is 6.41. The molecule has 0 spiro atoms. The zero-order chi connectivity index (χ0) is 13.0. The van der Waals surface area contributed by atoms with Gasteiger partial charge in [0.2, 0.25) is 5.91 Å². The lowest BCUT2D eigenvalue weighted by molar-refractivity contribution is -0.140. The Hall–Kier alpha value is -1.82. The number of aliphatic carboxylic acids is 1. The molecule has 5 nitrogen and oxygen atoms in total. The van der Waals surface area contributed by atoms with E-state index in [2.05, 4.69) is 10.3 Å². The van der Waals surface area contributed by atoms with Gasteiger partial charge in [-0.1, -0.05) is 42.1 Å². The summed E-state index contributed by atoms with van der Waals surface area (Å²) < 4.78 is 0. The van der Waals surface area contributed by atoms with Crippen molar-refractivity contribution in [1.29, 1.82) is 0 Å². The van der Waals surface area contributed by atoms with Crippen molar-refractivity contribution in [2.75, 3.05) is 5.75 Å². The van der Waals surface area contributed by atoms with Gasteiger partial charge in [-0.05, 0) is 5.56 Å². The van der Waals surface area contributed by atoms with E-state index in [-0.39, 0.29) is 6.04 Å². The van der Waals surface area contributed by atoms with E-state index < -0.39 is 18.3 Å². The number of thioether (sulfide) groups is 1. The van der Waals surface area contributed by atoms with Crippen molar-refractivity contribution in [3.63, 3.8) is 0 Å². The van der Waals surface area contributed by atoms with Crippen LogP contribution in [0.5, 0.6) is 0 Å². The van der Waals surface area contributed by atoms with E-state index in [0.29, 0.717) is 5.17 Å². The molecule has 18 heavy (non-hydrogen) atoms. The number of amidine groups is 1. The SMILES string of the molecule is O=C(O)CC(=O)NC1=NC(c2ccccc2)CS1. The molecule has 0 bridgehead atoms. The number of amides is 1. The van der Waals surface area contributed by atoms with Crippen molar-refractivity contribution < 1.29 is 14.7 Å². The summed E-state index contributed by atoms with van der Waals surface area (Å²) in [5, 5.41) is 11.5. The van der Waals surface area contributed by atoms with Crippen LogP contribution < -0.4 is 5.32 Å². The van der Waals surface area contributed by atoms with Crippen LogP contribution in [0.1, 0.15) is 18.0 Å². The van der Waals surface area contributed by atoms with Crippen LogP contribution in [0.25, 0.3) is 0 Å². The molecule has 1 aliphatic heterocycles. The van der Waals surface area contributed by atoms with E-state index >= 15 is 0 Å². The summed E-state index contributed by atoms with van der Waals surface area (Å²) in [6.45, 7) is 0. The van der Waals surface area contributed by atoms with E-state index in [1.54, 1.807) is 0 Å². The molecule has 1 unspecified atom stereocenters. The molecule has 1 amide bonds. The van der Waals surface area contributed by atoms with Gasteiger partial charge >= 0.3 is 5.97 Å². The molecule has 0 radical (unpaired) electrons. The zero-order valence-electron chi connectivity index (χ0n) is 9.50. The topological polar surface area (TPSA) is 78.8 Å². The molecule has 1 atom stereocenters. The molecule has 1 heterocycles. The van der Waals surface area contributed by atoms with E-state index in [1.165, 1.54) is 11.8 Å². The fraction of sp³-hybridized carbons (Fsp3) is 0.250. The molecule has 2 rings (SSSR count). The van der Waals surface area contributed by atoms with Crippen LogP contribution in [0.4, 0.5) is 0 Å². The average Bonchev–Trinajstić information content (AvgIpc) is 2.77. The maximum Gasteiger partial charge on any atom is 0.312 e. The van der Waals surface area contributed by atoms with E-state index in [9.17, 15) is 9.59 Å². The van der Waals surface area contributed by atoms with Crippen LogP contribution >= 0.6 is 11.8 Å². The summed E-state index contributed by atoms with van der Waals surface area (Å²) in [5.74, 6) is -0.926. The molecule has 0 saturated heterocycles. The summed E-state index contributed by atoms with van der Waals surface area (Å²) in [4.78, 5) is 26.0. The van der Waals surface area contributed by atoms with Gasteiger partial charge < -0.3 is 10.4 Å². The van der Waals surface area contributed by atoms with Gasteiger partial charge in [-0.3, -0.25) is 14.6 Å². The van der Waals surface area contributed by atoms with Crippen molar-refractivity contribution in [2.45, 2.75) is 12.5 Å². The van der Waals surface area contributed by atoms with Crippen LogP contribution in [0.3, 0.4) is 0 Å². The lowest BCUT2D eigenvalue weighted by atomic mass is 10.1. The first-order chi connectivity index (χ1) is 8.65. The summed E-state index contributed by atoms with van der Waals surface area (Å²) in [6, 6.07) is 9.81. The van der Waals surface area contributed by atoms with Crippen LogP contribution in [-0.4, -0.2) is 27.9 Å². The first-order valence-electron chi connectivity index (χ1n) is 5.42. The molecule has 0 aliphatic carbocycles. The van der Waals surface area contributed by atoms with Gasteiger partial charge in [0.1, 0.15) is 6.42 Å². The van der Waals surface area contributed by atoms with Crippen molar-refractivity contribution in [3.8, 4) is 0 Å². The number of rotatable bonds is 3. The Balaban J connectivity index is 1.97. The Morgan fingerprint density at radius 2 is 2.11 bits per heavy atom. The molecule has 2 N–H and O–H groups in total. The highest BCUT2D eigenvalue weighted by atomic mass is 32.2. The number of nitrogens with zero attached hydrogens (tertiary/aromatic N) is 1.